The van der Waals surface area contributed by atoms with Crippen LogP contribution in [0.3, 0.4) is 0 Å². The molecule has 0 aliphatic carbocycles. The Morgan fingerprint density at radius 1 is 1.25 bits per heavy atom. The molecule has 2 aromatic rings. The molecule has 0 saturated heterocycles. The lowest BCUT2D eigenvalue weighted by molar-refractivity contribution is 0.283. The number of fused-ring (bicyclic) bond motifs is 1. The minimum Gasteiger partial charge on any atom is -0.392 e. The minimum absolute atomic E-state index is 0.0606. The molecule has 0 radical (unpaired) electrons. The van der Waals surface area contributed by atoms with Crippen LogP contribution in [0.1, 0.15) is 38.8 Å². The van der Waals surface area contributed by atoms with Crippen molar-refractivity contribution in [1.82, 2.24) is 9.97 Å². The summed E-state index contributed by atoms with van der Waals surface area (Å²) in [7, 11) is 0. The Balaban J connectivity index is 0.000000509. The number of aliphatic hydroxyl groups is 1. The van der Waals surface area contributed by atoms with Gasteiger partial charge < -0.3 is 10.1 Å². The second-order valence-electron chi connectivity index (χ2n) is 2.88. The van der Waals surface area contributed by atoms with Gasteiger partial charge in [0, 0.05) is 23.3 Å². The zero-order valence-corrected chi connectivity index (χ0v) is 10.8. The van der Waals surface area contributed by atoms with E-state index in [4.69, 9.17) is 5.11 Å². The highest BCUT2D eigenvalue weighted by Gasteiger charge is 2.02. The number of pyridine rings is 1. The van der Waals surface area contributed by atoms with Crippen LogP contribution in [0.2, 0.25) is 0 Å². The normalized spacial score (nSPS) is 8.88. The number of H-pyrrole nitrogens is 1. The third-order valence-electron chi connectivity index (χ3n) is 1.92. The summed E-state index contributed by atoms with van der Waals surface area (Å²) in [6.07, 6.45) is 3.59. The van der Waals surface area contributed by atoms with Crippen LogP contribution in [-0.2, 0) is 6.61 Å². The van der Waals surface area contributed by atoms with Gasteiger partial charge in [0.2, 0.25) is 0 Å². The molecule has 0 fully saturated rings. The Morgan fingerprint density at radius 2 is 1.88 bits per heavy atom. The third-order valence-corrected chi connectivity index (χ3v) is 1.92. The van der Waals surface area contributed by atoms with Crippen LogP contribution in [0.15, 0.2) is 18.5 Å². The van der Waals surface area contributed by atoms with Gasteiger partial charge >= 0.3 is 0 Å². The number of nitrogens with zero attached hydrogens (tertiary/aromatic N) is 1. The number of rotatable bonds is 1. The van der Waals surface area contributed by atoms with E-state index in [0.29, 0.717) is 0 Å². The molecule has 0 bridgehead atoms. The second kappa shape index (κ2) is 7.88. The molecule has 0 saturated carbocycles. The van der Waals surface area contributed by atoms with Crippen LogP contribution in [-0.4, -0.2) is 15.1 Å². The molecular weight excluding hydrogens is 200 g/mol. The molecule has 2 aromatic heterocycles. The van der Waals surface area contributed by atoms with Gasteiger partial charge in [-0.3, -0.25) is 0 Å². The summed E-state index contributed by atoms with van der Waals surface area (Å²) in [6.45, 7) is 10.0. The van der Waals surface area contributed by atoms with E-state index in [9.17, 15) is 0 Å². The van der Waals surface area contributed by atoms with Crippen molar-refractivity contribution in [3.8, 4) is 0 Å². The highest BCUT2D eigenvalue weighted by atomic mass is 16.3. The molecule has 0 aromatic carbocycles. The first-order chi connectivity index (χ1) is 7.81. The minimum atomic E-state index is 0.0606. The van der Waals surface area contributed by atoms with Gasteiger partial charge in [-0.25, -0.2) is 4.98 Å². The summed E-state index contributed by atoms with van der Waals surface area (Å²) in [5.74, 6) is 0. The van der Waals surface area contributed by atoms with Gasteiger partial charge in [-0.15, -0.1) is 0 Å². The number of aryl methyl sites for hydroxylation is 1. The Bertz CT molecular complexity index is 407. The van der Waals surface area contributed by atoms with Crippen LogP contribution in [0.5, 0.6) is 0 Å². The van der Waals surface area contributed by atoms with Crippen molar-refractivity contribution in [3.05, 3.63) is 29.6 Å². The van der Waals surface area contributed by atoms with E-state index >= 15 is 0 Å². The number of aliphatic hydroxyl groups excluding tert-OH is 1. The summed E-state index contributed by atoms with van der Waals surface area (Å²) < 4.78 is 0. The summed E-state index contributed by atoms with van der Waals surface area (Å²) >= 11 is 0. The van der Waals surface area contributed by atoms with Crippen LogP contribution < -0.4 is 0 Å². The molecule has 16 heavy (non-hydrogen) atoms. The maximum absolute atomic E-state index is 8.97. The number of aromatic nitrogens is 2. The number of nitrogens with one attached hydrogen (secondary N) is 1. The highest BCUT2D eigenvalue weighted by molar-refractivity contribution is 5.79. The molecule has 0 unspecified atom stereocenters. The SMILES string of the molecule is CC.CC.Cc1cnc2[nH]cc(CO)c2c1. The van der Waals surface area contributed by atoms with Crippen LogP contribution in [0.4, 0.5) is 0 Å². The van der Waals surface area contributed by atoms with Crippen LogP contribution >= 0.6 is 0 Å². The lowest BCUT2D eigenvalue weighted by Gasteiger charge is -1.93. The third kappa shape index (κ3) is 3.35. The maximum atomic E-state index is 8.97. The first-order valence-electron chi connectivity index (χ1n) is 5.84. The molecule has 0 aliphatic rings. The Labute approximate surface area is 97.5 Å². The molecule has 0 atom stereocenters. The Hall–Kier alpha value is -1.35. The molecular formula is C13H22N2O. The van der Waals surface area contributed by atoms with Crippen LogP contribution in [0, 0.1) is 6.92 Å². The van der Waals surface area contributed by atoms with E-state index in [2.05, 4.69) is 9.97 Å². The van der Waals surface area contributed by atoms with Gasteiger partial charge in [-0.1, -0.05) is 27.7 Å². The fourth-order valence-corrected chi connectivity index (χ4v) is 1.29. The van der Waals surface area contributed by atoms with Crippen molar-refractivity contribution in [2.24, 2.45) is 0 Å². The predicted molar refractivity (Wildman–Crippen MR) is 69.4 cm³/mol. The molecule has 0 aliphatic heterocycles. The Morgan fingerprint density at radius 3 is 2.44 bits per heavy atom. The Kier molecular flexibility index (Phi) is 7.21. The first kappa shape index (κ1) is 14.6. The van der Waals surface area contributed by atoms with Gasteiger partial charge in [0.1, 0.15) is 5.65 Å². The molecule has 0 spiro atoms. The van der Waals surface area contributed by atoms with Gasteiger partial charge in [-0.05, 0) is 18.6 Å². The standard InChI is InChI=1S/C9H10N2O.2C2H6/c1-6-2-8-7(5-12)4-11-9(8)10-3-6;2*1-2/h2-4,12H,5H2,1H3,(H,10,11);2*1-2H3. The number of hydrogen-bond acceptors (Lipinski definition) is 2. The fourth-order valence-electron chi connectivity index (χ4n) is 1.29. The van der Waals surface area contributed by atoms with E-state index in [1.807, 2.05) is 40.7 Å². The molecule has 0 amide bonds. The summed E-state index contributed by atoms with van der Waals surface area (Å²) in [6, 6.07) is 2.02. The van der Waals surface area contributed by atoms with E-state index in [-0.39, 0.29) is 6.61 Å². The predicted octanol–water partition coefficient (Wildman–Crippen LogP) is 3.42. The van der Waals surface area contributed by atoms with E-state index < -0.39 is 0 Å². The van der Waals surface area contributed by atoms with Gasteiger partial charge in [0.05, 0.1) is 6.61 Å². The second-order valence-corrected chi connectivity index (χ2v) is 2.88. The summed E-state index contributed by atoms with van der Waals surface area (Å²) in [5.41, 5.74) is 2.85. The van der Waals surface area contributed by atoms with Crippen molar-refractivity contribution < 1.29 is 5.11 Å². The topological polar surface area (TPSA) is 48.9 Å². The van der Waals surface area contributed by atoms with Crippen molar-refractivity contribution in [2.75, 3.05) is 0 Å². The van der Waals surface area contributed by atoms with Crippen LogP contribution in [0.25, 0.3) is 11.0 Å². The van der Waals surface area contributed by atoms with Crippen molar-refractivity contribution >= 4 is 11.0 Å². The van der Waals surface area contributed by atoms with E-state index in [0.717, 1.165) is 22.2 Å². The van der Waals surface area contributed by atoms with Crippen molar-refractivity contribution in [3.63, 3.8) is 0 Å². The quantitative estimate of drug-likeness (QED) is 0.776. The molecule has 3 heteroatoms. The lowest BCUT2D eigenvalue weighted by atomic mass is 10.2. The average Bonchev–Trinajstić information content (AvgIpc) is 2.76. The van der Waals surface area contributed by atoms with E-state index in [1.54, 1.807) is 12.4 Å². The van der Waals surface area contributed by atoms with Gasteiger partial charge in [0.25, 0.3) is 0 Å². The van der Waals surface area contributed by atoms with Gasteiger partial charge in [-0.2, -0.15) is 0 Å². The average molecular weight is 222 g/mol. The largest absolute Gasteiger partial charge is 0.392 e. The van der Waals surface area contributed by atoms with E-state index in [1.165, 1.54) is 0 Å². The molecule has 3 nitrogen and oxygen atoms in total. The highest BCUT2D eigenvalue weighted by Crippen LogP contribution is 2.16. The molecule has 2 rings (SSSR count). The molecule has 2 N–H and O–H groups in total. The summed E-state index contributed by atoms with van der Waals surface area (Å²) in [4.78, 5) is 7.18. The maximum Gasteiger partial charge on any atom is 0.137 e. The summed E-state index contributed by atoms with van der Waals surface area (Å²) in [5, 5.41) is 9.98. The number of hydrogen-bond donors (Lipinski definition) is 2. The smallest absolute Gasteiger partial charge is 0.137 e. The number of aromatic amines is 1. The monoisotopic (exact) mass is 222 g/mol. The van der Waals surface area contributed by atoms with Gasteiger partial charge in [0.15, 0.2) is 0 Å². The zero-order chi connectivity index (χ0) is 12.6. The molecule has 90 valence electrons. The lowest BCUT2D eigenvalue weighted by Crippen LogP contribution is -1.81. The van der Waals surface area contributed by atoms with Crippen molar-refractivity contribution in [1.29, 1.82) is 0 Å². The van der Waals surface area contributed by atoms with Crippen molar-refractivity contribution in [2.45, 2.75) is 41.2 Å². The zero-order valence-electron chi connectivity index (χ0n) is 10.8. The fraction of sp³-hybridized carbons (Fsp3) is 0.462. The molecule has 2 heterocycles. The first-order valence-corrected chi connectivity index (χ1v) is 5.84.